The van der Waals surface area contributed by atoms with Gasteiger partial charge in [-0.05, 0) is 79.3 Å². The van der Waals surface area contributed by atoms with Crippen LogP contribution in [0.5, 0.6) is 0 Å². The largest absolute Gasteiger partial charge is 0.444 e. The number of benzene rings is 3. The lowest BCUT2D eigenvalue weighted by atomic mass is 9.99. The van der Waals surface area contributed by atoms with Crippen LogP contribution in [0.2, 0.25) is 0 Å². The number of unbranched alkanes of at least 4 members (excludes halogenated alkanes) is 2. The number of pyridine rings is 1. The molecule has 1 unspecified atom stereocenters. The Morgan fingerprint density at radius 2 is 1.72 bits per heavy atom. The van der Waals surface area contributed by atoms with Crippen LogP contribution < -0.4 is 21.7 Å². The minimum atomic E-state index is -1.35. The third-order valence-electron chi connectivity index (χ3n) is 10.6. The molecule has 0 aliphatic carbocycles. The van der Waals surface area contributed by atoms with Gasteiger partial charge in [0.05, 0.1) is 11.1 Å². The Morgan fingerprint density at radius 1 is 0.933 bits per heavy atom. The molecule has 308 valence electrons. The quantitative estimate of drug-likeness (QED) is 0.0754. The second kappa shape index (κ2) is 18.1. The Hall–Kier alpha value is -7.23. The van der Waals surface area contributed by atoms with Crippen LogP contribution in [0.25, 0.3) is 5.57 Å². The molecule has 3 aliphatic rings. The fraction of sp³-hybridized carbons (Fsp3) is 0.273. The average molecular weight is 816 g/mol. The van der Waals surface area contributed by atoms with Crippen LogP contribution in [0.15, 0.2) is 91.1 Å². The number of carbonyl (C=O) groups excluding carboxylic acids is 7. The van der Waals surface area contributed by atoms with E-state index >= 15 is 0 Å². The van der Waals surface area contributed by atoms with Gasteiger partial charge in [-0.15, -0.1) is 0 Å². The van der Waals surface area contributed by atoms with Gasteiger partial charge in [0.25, 0.3) is 17.7 Å². The van der Waals surface area contributed by atoms with E-state index in [-0.39, 0.29) is 41.3 Å². The molecule has 3 aromatic carbocycles. The molecule has 2 atom stereocenters. The first-order valence-corrected chi connectivity index (χ1v) is 19.6. The normalized spacial score (nSPS) is 16.8. The van der Waals surface area contributed by atoms with E-state index in [1.807, 2.05) is 6.08 Å². The molecule has 3 aliphatic heterocycles. The highest BCUT2D eigenvalue weighted by Gasteiger charge is 2.45. The summed E-state index contributed by atoms with van der Waals surface area (Å²) in [6.07, 6.45) is 5.13. The van der Waals surface area contributed by atoms with Crippen LogP contribution in [0.4, 0.5) is 21.6 Å². The number of halogens is 1. The maximum atomic E-state index is 13.5. The lowest BCUT2D eigenvalue weighted by Crippen LogP contribution is -2.54. The van der Waals surface area contributed by atoms with Crippen LogP contribution >= 0.6 is 0 Å². The van der Waals surface area contributed by atoms with Gasteiger partial charge in [-0.2, -0.15) is 0 Å². The summed E-state index contributed by atoms with van der Waals surface area (Å²) in [5.41, 5.74) is 9.20. The molecule has 1 aromatic heterocycles. The van der Waals surface area contributed by atoms with Crippen molar-refractivity contribution in [1.29, 1.82) is 0 Å². The van der Waals surface area contributed by atoms with Crippen molar-refractivity contribution in [3.63, 3.8) is 0 Å². The Bertz CT molecular complexity index is 2390. The SMILES string of the molecule is Nc1ncc(C2=CCN(C(=O)CCCCCNc3cccc4c3C(=O)N(C3CCC(=O)NC3=O)C4=O)CC2)cc1C(=O)O[C@@H](C(=O)Nc1ccc(F)cc1)c1ccccc1. The maximum Gasteiger partial charge on any atom is 0.343 e. The third kappa shape index (κ3) is 9.07. The number of hydrogen-bond acceptors (Lipinski definition) is 11. The number of nitrogens with zero attached hydrogens (tertiary/aromatic N) is 3. The number of imide groups is 2. The Morgan fingerprint density at radius 3 is 2.45 bits per heavy atom. The van der Waals surface area contributed by atoms with E-state index in [0.29, 0.717) is 67.8 Å². The molecule has 16 heteroatoms. The molecule has 5 N–H and O–H groups in total. The number of nitrogen functional groups attached to an aromatic ring is 1. The van der Waals surface area contributed by atoms with Gasteiger partial charge in [-0.1, -0.05) is 48.9 Å². The molecule has 0 bridgehead atoms. The van der Waals surface area contributed by atoms with Gasteiger partial charge in [-0.3, -0.25) is 39.0 Å². The van der Waals surface area contributed by atoms with Crippen molar-refractivity contribution in [1.82, 2.24) is 20.1 Å². The van der Waals surface area contributed by atoms with Crippen LogP contribution in [-0.4, -0.2) is 81.9 Å². The average Bonchev–Trinajstić information content (AvgIpc) is 3.51. The standard InChI is InChI=1S/C44H42FN7O8/c45-29-13-15-30(16-14-29)49-41(56)38(27-8-3-1-4-9-27)60-44(59)32-24-28(25-48-39(32)46)26-19-22-51(23-20-26)36(54)12-5-2-6-21-47-33-11-7-10-31-37(33)43(58)52(42(31)57)34-17-18-35(53)50-40(34)55/h1,3-4,7-11,13-16,19,24-25,34,38,47H,2,5-6,12,17-18,20-23H2,(H2,46,48)(H,49,56)(H,50,53,55)/t34?,38-/m1/s1. The molecule has 4 aromatic rings. The van der Waals surface area contributed by atoms with Crippen molar-refractivity contribution in [3.8, 4) is 0 Å². The number of nitrogens with one attached hydrogen (secondary N) is 3. The summed E-state index contributed by atoms with van der Waals surface area (Å²) in [6, 6.07) is 19.1. The molecule has 0 radical (unpaired) electrons. The Kier molecular flexibility index (Phi) is 12.4. The van der Waals surface area contributed by atoms with Crippen LogP contribution in [-0.2, 0) is 23.9 Å². The summed E-state index contributed by atoms with van der Waals surface area (Å²) < 4.78 is 19.2. The smallest absolute Gasteiger partial charge is 0.343 e. The van der Waals surface area contributed by atoms with Crippen LogP contribution in [0, 0.1) is 5.82 Å². The molecule has 15 nitrogen and oxygen atoms in total. The van der Waals surface area contributed by atoms with E-state index in [1.165, 1.54) is 24.3 Å². The van der Waals surface area contributed by atoms with E-state index < -0.39 is 53.5 Å². The predicted octanol–water partition coefficient (Wildman–Crippen LogP) is 5.03. The topological polar surface area (TPSA) is 210 Å². The molecule has 0 spiro atoms. The number of ether oxygens (including phenoxy) is 1. The Balaban J connectivity index is 0.890. The molecule has 1 saturated heterocycles. The van der Waals surface area contributed by atoms with Crippen molar-refractivity contribution in [3.05, 3.63) is 125 Å². The van der Waals surface area contributed by atoms with Crippen LogP contribution in [0.1, 0.15) is 93.3 Å². The van der Waals surface area contributed by atoms with Gasteiger partial charge in [0.2, 0.25) is 23.8 Å². The van der Waals surface area contributed by atoms with Gasteiger partial charge in [-0.25, -0.2) is 14.2 Å². The zero-order valence-electron chi connectivity index (χ0n) is 32.4. The molecular weight excluding hydrogens is 774 g/mol. The van der Waals surface area contributed by atoms with Crippen LogP contribution in [0.3, 0.4) is 0 Å². The van der Waals surface area contributed by atoms with E-state index in [2.05, 4.69) is 20.9 Å². The molecule has 7 rings (SSSR count). The van der Waals surface area contributed by atoms with Gasteiger partial charge in [0, 0.05) is 55.6 Å². The molecule has 1 fully saturated rings. The Labute approximate surface area is 344 Å². The first-order valence-electron chi connectivity index (χ1n) is 19.6. The number of hydrogen-bond donors (Lipinski definition) is 4. The first kappa shape index (κ1) is 40.9. The highest BCUT2D eigenvalue weighted by Crippen LogP contribution is 2.33. The van der Waals surface area contributed by atoms with Gasteiger partial charge in [0.15, 0.2) is 0 Å². The summed E-state index contributed by atoms with van der Waals surface area (Å²) in [4.78, 5) is 97.3. The summed E-state index contributed by atoms with van der Waals surface area (Å²) in [6.45, 7) is 1.31. The number of fused-ring (bicyclic) bond motifs is 1. The summed E-state index contributed by atoms with van der Waals surface area (Å²) in [7, 11) is 0. The van der Waals surface area contributed by atoms with E-state index in [0.717, 1.165) is 16.9 Å². The van der Waals surface area contributed by atoms with Crippen molar-refractivity contribution in [2.45, 2.75) is 57.1 Å². The zero-order valence-corrected chi connectivity index (χ0v) is 32.4. The molecular formula is C44H42FN7O8. The summed E-state index contributed by atoms with van der Waals surface area (Å²) >= 11 is 0. The summed E-state index contributed by atoms with van der Waals surface area (Å²) in [5.74, 6) is -4.29. The number of amides is 6. The second-order valence-corrected chi connectivity index (χ2v) is 14.6. The lowest BCUT2D eigenvalue weighted by molar-refractivity contribution is -0.136. The van der Waals surface area contributed by atoms with Crippen molar-refractivity contribution < 1.29 is 42.7 Å². The fourth-order valence-corrected chi connectivity index (χ4v) is 7.41. The minimum Gasteiger partial charge on any atom is -0.444 e. The predicted molar refractivity (Wildman–Crippen MR) is 218 cm³/mol. The highest BCUT2D eigenvalue weighted by molar-refractivity contribution is 6.25. The van der Waals surface area contributed by atoms with E-state index in [1.54, 1.807) is 65.7 Å². The third-order valence-corrected chi connectivity index (χ3v) is 10.6. The lowest BCUT2D eigenvalue weighted by Gasteiger charge is -2.27. The molecule has 0 saturated carbocycles. The zero-order chi connectivity index (χ0) is 42.3. The van der Waals surface area contributed by atoms with Crippen molar-refractivity contribution >= 4 is 64.2 Å². The number of piperidine rings is 1. The number of carbonyl (C=O) groups is 7. The van der Waals surface area contributed by atoms with E-state index in [4.69, 9.17) is 10.5 Å². The number of aromatic nitrogens is 1. The second-order valence-electron chi connectivity index (χ2n) is 14.6. The molecule has 4 heterocycles. The van der Waals surface area contributed by atoms with E-state index in [9.17, 15) is 38.0 Å². The van der Waals surface area contributed by atoms with Gasteiger partial charge in [0.1, 0.15) is 23.2 Å². The number of rotatable bonds is 14. The molecule has 6 amide bonds. The summed E-state index contributed by atoms with van der Waals surface area (Å²) in [5, 5.41) is 8.08. The maximum absolute atomic E-state index is 13.5. The van der Waals surface area contributed by atoms with Crippen molar-refractivity contribution in [2.24, 2.45) is 0 Å². The fourth-order valence-electron chi connectivity index (χ4n) is 7.41. The number of esters is 1. The monoisotopic (exact) mass is 815 g/mol. The minimum absolute atomic E-state index is 0.00218. The number of nitrogens with two attached hydrogens (primary N) is 1. The highest BCUT2D eigenvalue weighted by atomic mass is 19.1. The molecule has 60 heavy (non-hydrogen) atoms. The van der Waals surface area contributed by atoms with Crippen molar-refractivity contribution in [2.75, 3.05) is 36.0 Å². The van der Waals surface area contributed by atoms with Gasteiger partial charge >= 0.3 is 5.97 Å². The van der Waals surface area contributed by atoms with Gasteiger partial charge < -0.3 is 26.0 Å². The first-order chi connectivity index (χ1) is 29.0. The number of anilines is 3.